The molecule has 1 N–H and O–H groups in total. The van der Waals surface area contributed by atoms with Gasteiger partial charge in [-0.15, -0.1) is 0 Å². The van der Waals surface area contributed by atoms with Crippen LogP contribution in [0.5, 0.6) is 17.2 Å². The number of nitrogens with one attached hydrogen (secondary N) is 1. The molecule has 0 amide bonds. The normalized spacial score (nSPS) is 27.5. The molecule has 0 aliphatic carbocycles. The van der Waals surface area contributed by atoms with Gasteiger partial charge in [0, 0.05) is 5.56 Å². The molecule has 0 saturated carbocycles. The first-order valence-electron chi connectivity index (χ1n) is 20.3. The summed E-state index contributed by atoms with van der Waals surface area (Å²) >= 11 is 0. The molecule has 4 aromatic carbocycles. The first-order chi connectivity index (χ1) is 29.4. The fourth-order valence-electron chi connectivity index (χ4n) is 8.03. The number of methoxy groups -OCH3 is 3. The first-order valence-corrected chi connectivity index (χ1v) is 21.6. The van der Waals surface area contributed by atoms with Crippen molar-refractivity contribution in [2.24, 2.45) is 0 Å². The van der Waals surface area contributed by atoms with E-state index < -0.39 is 59.1 Å². The van der Waals surface area contributed by atoms with E-state index in [0.717, 1.165) is 38.8 Å². The summed E-state index contributed by atoms with van der Waals surface area (Å²) in [5.74, 6) is 1.20. The molecule has 3 saturated heterocycles. The fraction of sp³-hybridized carbons (Fsp3) is 0.467. The highest BCUT2D eigenvalue weighted by Crippen LogP contribution is 2.37. The van der Waals surface area contributed by atoms with Crippen LogP contribution in [0.3, 0.4) is 0 Å². The third-order valence-electron chi connectivity index (χ3n) is 11.1. The van der Waals surface area contributed by atoms with E-state index >= 15 is 0 Å². The van der Waals surface area contributed by atoms with Gasteiger partial charge in [-0.2, -0.15) is 0 Å². The van der Waals surface area contributed by atoms with Gasteiger partial charge < -0.3 is 56.8 Å². The standard InChI is InChI=1S/C45H55NO14S/c1-45(2)56-29-40(59-45)42-43(60-61(47,48)49)39(57-44(58-42)33-9-7-6-8-10-33)24-46-23-38(54-26-31-13-19-35(51-4)20-14-31)41(55-27-32-15-21-36(52-5)22-16-32)37(46)28-53-25-30-11-17-34(50-3)18-12-30/h6-22,37-44H,23-29H2,1-5H3,(H,47,48,49)/t37-,38-,39-,40+,41-,42+,43+,44?/m0/s1. The van der Waals surface area contributed by atoms with Gasteiger partial charge in [-0.25, -0.2) is 8.42 Å². The Labute approximate surface area is 357 Å². The van der Waals surface area contributed by atoms with Crippen LogP contribution < -0.4 is 19.1 Å². The molecular weight excluding hydrogens is 811 g/mol. The van der Waals surface area contributed by atoms with Gasteiger partial charge >= 0.3 is 0 Å². The van der Waals surface area contributed by atoms with Crippen LogP contribution >= 0.6 is 0 Å². The Morgan fingerprint density at radius 2 is 1.28 bits per heavy atom. The number of benzene rings is 4. The van der Waals surface area contributed by atoms with Gasteiger partial charge in [-0.3, -0.25) is 4.18 Å². The number of likely N-dealkylation sites (tertiary alicyclic amines) is 1. The van der Waals surface area contributed by atoms with Gasteiger partial charge in [0.25, 0.3) is 0 Å². The minimum Gasteiger partial charge on any atom is -0.726 e. The Morgan fingerprint density at radius 3 is 1.80 bits per heavy atom. The van der Waals surface area contributed by atoms with Gasteiger partial charge in [-0.1, -0.05) is 66.7 Å². The van der Waals surface area contributed by atoms with Crippen LogP contribution in [0.2, 0.25) is 0 Å². The van der Waals surface area contributed by atoms with Gasteiger partial charge in [0.15, 0.2) is 12.1 Å². The van der Waals surface area contributed by atoms with Gasteiger partial charge in [0.1, 0.15) is 79.6 Å². The predicted molar refractivity (Wildman–Crippen MR) is 219 cm³/mol. The second-order valence-electron chi connectivity index (χ2n) is 15.7. The molecule has 0 radical (unpaired) electrons. The second kappa shape index (κ2) is 20.3. The van der Waals surface area contributed by atoms with E-state index in [1.54, 1.807) is 35.2 Å². The molecule has 3 aliphatic heterocycles. The van der Waals surface area contributed by atoms with Crippen molar-refractivity contribution in [2.75, 3.05) is 47.6 Å². The number of ether oxygens (including phenoxy) is 10. The van der Waals surface area contributed by atoms with Crippen LogP contribution in [0.4, 0.5) is 0 Å². The van der Waals surface area contributed by atoms with E-state index in [-0.39, 0.29) is 39.0 Å². The molecule has 3 fully saturated rings. The number of hydrogen-bond acceptors (Lipinski definition) is 14. The zero-order valence-corrected chi connectivity index (χ0v) is 35.8. The second-order valence-corrected chi connectivity index (χ2v) is 16.7. The summed E-state index contributed by atoms with van der Waals surface area (Å²) < 4.78 is 104. The summed E-state index contributed by atoms with van der Waals surface area (Å²) in [6, 6.07) is 31.9. The van der Waals surface area contributed by atoms with Crippen molar-refractivity contribution in [2.45, 2.75) is 88.4 Å². The lowest BCUT2D eigenvalue weighted by Gasteiger charge is -2.44. The van der Waals surface area contributed by atoms with Crippen LogP contribution in [0.25, 0.3) is 0 Å². The molecule has 4 aromatic rings. The van der Waals surface area contributed by atoms with E-state index in [2.05, 4.69) is 0 Å². The van der Waals surface area contributed by atoms with Crippen molar-refractivity contribution in [1.82, 2.24) is 0 Å². The molecule has 3 heterocycles. The van der Waals surface area contributed by atoms with E-state index in [9.17, 15) is 13.0 Å². The summed E-state index contributed by atoms with van der Waals surface area (Å²) in [5, 5.41) is 0. The largest absolute Gasteiger partial charge is 0.726 e. The van der Waals surface area contributed by atoms with Crippen molar-refractivity contribution >= 4 is 10.4 Å². The van der Waals surface area contributed by atoms with Crippen LogP contribution in [0, 0.1) is 0 Å². The lowest BCUT2D eigenvalue weighted by molar-refractivity contribution is -0.919. The first kappa shape index (κ1) is 44.9. The lowest BCUT2D eigenvalue weighted by Crippen LogP contribution is -3.16. The predicted octanol–water partition coefficient (Wildman–Crippen LogP) is 4.15. The monoisotopic (exact) mass is 865 g/mol. The Hall–Kier alpha value is -4.17. The Morgan fingerprint density at radius 1 is 0.721 bits per heavy atom. The number of quaternary nitrogens is 1. The van der Waals surface area contributed by atoms with Crippen molar-refractivity contribution < 1.29 is 69.4 Å². The maximum Gasteiger partial charge on any atom is 0.218 e. The molecule has 9 atom stereocenters. The minimum atomic E-state index is -5.25. The maximum atomic E-state index is 12.5. The smallest absolute Gasteiger partial charge is 0.218 e. The summed E-state index contributed by atoms with van der Waals surface area (Å²) in [6.07, 6.45) is -6.16. The molecule has 330 valence electrons. The average molecular weight is 866 g/mol. The summed E-state index contributed by atoms with van der Waals surface area (Å²) in [5.41, 5.74) is 3.50. The molecule has 0 aromatic heterocycles. The van der Waals surface area contributed by atoms with E-state index in [1.165, 1.54) is 0 Å². The van der Waals surface area contributed by atoms with Crippen LogP contribution in [0.15, 0.2) is 103 Å². The average Bonchev–Trinajstić information content (AvgIpc) is 3.80. The Balaban J connectivity index is 1.21. The van der Waals surface area contributed by atoms with Crippen molar-refractivity contribution in [3.05, 3.63) is 125 Å². The summed E-state index contributed by atoms with van der Waals surface area (Å²) in [7, 11) is -0.401. The highest BCUT2D eigenvalue weighted by molar-refractivity contribution is 7.80. The van der Waals surface area contributed by atoms with Crippen molar-refractivity contribution in [3.63, 3.8) is 0 Å². The third kappa shape index (κ3) is 12.1. The Bertz CT molecular complexity index is 2070. The SMILES string of the molecule is COc1ccc(COC[C@H]2[C@H](OCc3ccc(OC)cc3)[C@@H](OCc3ccc(OC)cc3)C[NH+]2C[C@@H]2OC(c3ccccc3)O[C@H]([C@H]3COC(C)(C)O3)[C@@H]2OS(=O)(=O)[O-])cc1. The number of rotatable bonds is 19. The van der Waals surface area contributed by atoms with Gasteiger partial charge in [0.05, 0.1) is 47.8 Å². The van der Waals surface area contributed by atoms with E-state index in [1.807, 2.05) is 103 Å². The van der Waals surface area contributed by atoms with Crippen molar-refractivity contribution in [1.29, 1.82) is 0 Å². The van der Waals surface area contributed by atoms with Crippen LogP contribution in [0.1, 0.15) is 42.4 Å². The quantitative estimate of drug-likeness (QED) is 0.106. The highest BCUT2D eigenvalue weighted by atomic mass is 32.3. The zero-order chi connectivity index (χ0) is 43.0. The molecule has 7 rings (SSSR count). The zero-order valence-electron chi connectivity index (χ0n) is 35.0. The summed E-state index contributed by atoms with van der Waals surface area (Å²) in [6.45, 7) is 5.22. The number of hydrogen-bond donors (Lipinski definition) is 1. The minimum absolute atomic E-state index is 0.0750. The van der Waals surface area contributed by atoms with E-state index in [4.69, 9.17) is 51.6 Å². The highest BCUT2D eigenvalue weighted by Gasteiger charge is 2.54. The van der Waals surface area contributed by atoms with Gasteiger partial charge in [0.2, 0.25) is 10.4 Å². The van der Waals surface area contributed by atoms with Crippen LogP contribution in [-0.2, 0) is 67.6 Å². The molecule has 61 heavy (non-hydrogen) atoms. The molecular formula is C45H55NO14S. The summed E-state index contributed by atoms with van der Waals surface area (Å²) in [4.78, 5) is 0.924. The topological polar surface area (TPSA) is 163 Å². The van der Waals surface area contributed by atoms with Crippen molar-refractivity contribution in [3.8, 4) is 17.2 Å². The fourth-order valence-corrected chi connectivity index (χ4v) is 8.53. The molecule has 2 unspecified atom stereocenters. The lowest BCUT2D eigenvalue weighted by atomic mass is 9.99. The Kier molecular flexibility index (Phi) is 15.0. The molecule has 16 heteroatoms. The van der Waals surface area contributed by atoms with Gasteiger partial charge in [-0.05, 0) is 66.9 Å². The molecule has 3 aliphatic rings. The third-order valence-corrected chi connectivity index (χ3v) is 11.6. The maximum absolute atomic E-state index is 12.5. The molecule has 0 bridgehead atoms. The van der Waals surface area contributed by atoms with Crippen LogP contribution in [-0.4, -0.2) is 109 Å². The van der Waals surface area contributed by atoms with E-state index in [0.29, 0.717) is 18.7 Å². The molecule has 15 nitrogen and oxygen atoms in total. The molecule has 0 spiro atoms.